The molecule has 0 spiro atoms. The lowest BCUT2D eigenvalue weighted by atomic mass is 10.0. The second-order valence-corrected chi connectivity index (χ2v) is 3.48. The standard InChI is InChI=1S/C10H13ClFN.ClH/c1-2-3-10(13)7-4-5-8(11)9(12)6-7;/h4-6,10H,2-3,13H2,1H3;1H/t10-;/m0./s1. The maximum absolute atomic E-state index is 13.0. The van der Waals surface area contributed by atoms with Gasteiger partial charge in [0.05, 0.1) is 5.02 Å². The van der Waals surface area contributed by atoms with Crippen molar-refractivity contribution in [1.82, 2.24) is 0 Å². The predicted octanol–water partition coefficient (Wildman–Crippen LogP) is 3.70. The van der Waals surface area contributed by atoms with Gasteiger partial charge in [-0.05, 0) is 24.1 Å². The van der Waals surface area contributed by atoms with Gasteiger partial charge in [0.2, 0.25) is 0 Å². The Morgan fingerprint density at radius 1 is 1.50 bits per heavy atom. The Morgan fingerprint density at radius 3 is 2.64 bits per heavy atom. The minimum absolute atomic E-state index is 0. The molecule has 0 aliphatic carbocycles. The molecule has 0 heterocycles. The Bertz CT molecular complexity index is 291. The maximum Gasteiger partial charge on any atom is 0.142 e. The van der Waals surface area contributed by atoms with Gasteiger partial charge in [0.15, 0.2) is 0 Å². The zero-order chi connectivity index (χ0) is 9.84. The molecular formula is C10H14Cl2FN. The molecule has 0 radical (unpaired) electrons. The molecule has 1 aromatic carbocycles. The van der Waals surface area contributed by atoms with Crippen LogP contribution in [0.25, 0.3) is 0 Å². The Balaban J connectivity index is 0.00000169. The van der Waals surface area contributed by atoms with E-state index in [9.17, 15) is 4.39 Å². The van der Waals surface area contributed by atoms with E-state index in [2.05, 4.69) is 0 Å². The van der Waals surface area contributed by atoms with E-state index in [0.717, 1.165) is 18.4 Å². The first-order valence-electron chi connectivity index (χ1n) is 4.35. The third kappa shape index (κ3) is 3.45. The van der Waals surface area contributed by atoms with Crippen LogP contribution in [0.3, 0.4) is 0 Å². The van der Waals surface area contributed by atoms with Crippen LogP contribution in [0.5, 0.6) is 0 Å². The second kappa shape index (κ2) is 6.23. The molecule has 2 N–H and O–H groups in total. The summed E-state index contributed by atoms with van der Waals surface area (Å²) in [6, 6.07) is 4.63. The van der Waals surface area contributed by atoms with Crippen molar-refractivity contribution in [2.75, 3.05) is 0 Å². The molecule has 0 unspecified atom stereocenters. The molecule has 80 valence electrons. The lowest BCUT2D eigenvalue weighted by Gasteiger charge is -2.10. The summed E-state index contributed by atoms with van der Waals surface area (Å²) in [5, 5.41) is 0.146. The molecule has 0 bridgehead atoms. The molecule has 0 saturated carbocycles. The average Bonchev–Trinajstić information content (AvgIpc) is 2.10. The van der Waals surface area contributed by atoms with Gasteiger partial charge in [-0.3, -0.25) is 0 Å². The van der Waals surface area contributed by atoms with E-state index < -0.39 is 5.82 Å². The first-order valence-corrected chi connectivity index (χ1v) is 4.73. The van der Waals surface area contributed by atoms with Gasteiger partial charge in [0, 0.05) is 6.04 Å². The number of hydrogen-bond acceptors (Lipinski definition) is 1. The Morgan fingerprint density at radius 2 is 2.14 bits per heavy atom. The van der Waals surface area contributed by atoms with Crippen LogP contribution in [-0.2, 0) is 0 Å². The quantitative estimate of drug-likeness (QED) is 0.853. The summed E-state index contributed by atoms with van der Waals surface area (Å²) in [6.07, 6.45) is 1.85. The summed E-state index contributed by atoms with van der Waals surface area (Å²) in [5.74, 6) is -0.397. The van der Waals surface area contributed by atoms with E-state index in [0.29, 0.717) is 0 Å². The Kier molecular flexibility index (Phi) is 6.09. The third-order valence-corrected chi connectivity index (χ3v) is 2.28. The Labute approximate surface area is 94.9 Å². The van der Waals surface area contributed by atoms with E-state index in [-0.39, 0.29) is 23.5 Å². The van der Waals surface area contributed by atoms with Crippen LogP contribution in [-0.4, -0.2) is 0 Å². The van der Waals surface area contributed by atoms with Crippen molar-refractivity contribution >= 4 is 24.0 Å². The molecule has 1 rings (SSSR count). The van der Waals surface area contributed by atoms with Gasteiger partial charge >= 0.3 is 0 Å². The summed E-state index contributed by atoms with van der Waals surface area (Å²) >= 11 is 5.55. The zero-order valence-electron chi connectivity index (χ0n) is 7.97. The number of benzene rings is 1. The number of nitrogens with two attached hydrogens (primary N) is 1. The van der Waals surface area contributed by atoms with Crippen molar-refractivity contribution in [1.29, 1.82) is 0 Å². The molecule has 0 aliphatic heterocycles. The second-order valence-electron chi connectivity index (χ2n) is 3.07. The summed E-state index contributed by atoms with van der Waals surface area (Å²) in [5.41, 5.74) is 6.62. The molecule has 1 atom stereocenters. The van der Waals surface area contributed by atoms with E-state index in [1.807, 2.05) is 6.92 Å². The molecule has 0 aromatic heterocycles. The van der Waals surface area contributed by atoms with Crippen molar-refractivity contribution in [3.8, 4) is 0 Å². The van der Waals surface area contributed by atoms with Crippen LogP contribution >= 0.6 is 24.0 Å². The highest BCUT2D eigenvalue weighted by Gasteiger charge is 2.07. The van der Waals surface area contributed by atoms with Crippen LogP contribution in [0.2, 0.25) is 5.02 Å². The largest absolute Gasteiger partial charge is 0.324 e. The lowest BCUT2D eigenvalue weighted by molar-refractivity contribution is 0.605. The monoisotopic (exact) mass is 237 g/mol. The fourth-order valence-electron chi connectivity index (χ4n) is 1.22. The first-order chi connectivity index (χ1) is 6.15. The molecule has 0 amide bonds. The summed E-state index contributed by atoms with van der Waals surface area (Å²) in [7, 11) is 0. The highest BCUT2D eigenvalue weighted by molar-refractivity contribution is 6.30. The average molecular weight is 238 g/mol. The molecule has 0 aliphatic rings. The molecule has 1 aromatic rings. The molecule has 1 nitrogen and oxygen atoms in total. The minimum atomic E-state index is -0.397. The minimum Gasteiger partial charge on any atom is -0.324 e. The molecule has 4 heteroatoms. The van der Waals surface area contributed by atoms with E-state index in [4.69, 9.17) is 17.3 Å². The molecule has 0 saturated heterocycles. The van der Waals surface area contributed by atoms with E-state index in [1.54, 1.807) is 12.1 Å². The van der Waals surface area contributed by atoms with Crippen molar-refractivity contribution in [2.45, 2.75) is 25.8 Å². The van der Waals surface area contributed by atoms with Crippen molar-refractivity contribution in [3.63, 3.8) is 0 Å². The first kappa shape index (κ1) is 13.7. The van der Waals surface area contributed by atoms with Crippen LogP contribution in [0, 0.1) is 5.82 Å². The van der Waals surface area contributed by atoms with E-state index >= 15 is 0 Å². The van der Waals surface area contributed by atoms with Crippen LogP contribution in [0.1, 0.15) is 31.4 Å². The Hall–Kier alpha value is -0.310. The van der Waals surface area contributed by atoms with E-state index in [1.165, 1.54) is 6.07 Å². The fraction of sp³-hybridized carbons (Fsp3) is 0.400. The highest BCUT2D eigenvalue weighted by Crippen LogP contribution is 2.21. The van der Waals surface area contributed by atoms with Gasteiger partial charge in [-0.1, -0.05) is 31.0 Å². The lowest BCUT2D eigenvalue weighted by Crippen LogP contribution is -2.09. The summed E-state index contributed by atoms with van der Waals surface area (Å²) in [6.45, 7) is 2.05. The topological polar surface area (TPSA) is 26.0 Å². The zero-order valence-corrected chi connectivity index (χ0v) is 9.54. The smallest absolute Gasteiger partial charge is 0.142 e. The van der Waals surface area contributed by atoms with Crippen molar-refractivity contribution in [3.05, 3.63) is 34.6 Å². The van der Waals surface area contributed by atoms with Crippen molar-refractivity contribution in [2.24, 2.45) is 5.73 Å². The summed E-state index contributed by atoms with van der Waals surface area (Å²) < 4.78 is 13.0. The normalized spacial score (nSPS) is 12.0. The molecule has 0 fully saturated rings. The van der Waals surface area contributed by atoms with Gasteiger partial charge < -0.3 is 5.73 Å². The maximum atomic E-state index is 13.0. The molecule has 14 heavy (non-hydrogen) atoms. The number of hydrogen-bond donors (Lipinski definition) is 1. The van der Waals surface area contributed by atoms with Gasteiger partial charge in [-0.15, -0.1) is 12.4 Å². The highest BCUT2D eigenvalue weighted by atomic mass is 35.5. The fourth-order valence-corrected chi connectivity index (χ4v) is 1.34. The van der Waals surface area contributed by atoms with Gasteiger partial charge in [-0.25, -0.2) is 4.39 Å². The SMILES string of the molecule is CCC[C@H](N)c1ccc(Cl)c(F)c1.Cl. The van der Waals surface area contributed by atoms with Gasteiger partial charge in [0.1, 0.15) is 5.82 Å². The van der Waals surface area contributed by atoms with Crippen LogP contribution in [0.15, 0.2) is 18.2 Å². The molecular weight excluding hydrogens is 224 g/mol. The predicted molar refractivity (Wildman–Crippen MR) is 60.5 cm³/mol. The third-order valence-electron chi connectivity index (χ3n) is 1.97. The van der Waals surface area contributed by atoms with Gasteiger partial charge in [-0.2, -0.15) is 0 Å². The van der Waals surface area contributed by atoms with Crippen LogP contribution in [0.4, 0.5) is 4.39 Å². The van der Waals surface area contributed by atoms with Crippen molar-refractivity contribution < 1.29 is 4.39 Å². The summed E-state index contributed by atoms with van der Waals surface area (Å²) in [4.78, 5) is 0. The van der Waals surface area contributed by atoms with Gasteiger partial charge in [0.25, 0.3) is 0 Å². The number of halogens is 3. The van der Waals surface area contributed by atoms with Crippen LogP contribution < -0.4 is 5.73 Å². The number of rotatable bonds is 3.